The maximum Gasteiger partial charge on any atom is 0.306 e. The van der Waals surface area contributed by atoms with E-state index in [0.29, 0.717) is 5.82 Å². The summed E-state index contributed by atoms with van der Waals surface area (Å²) < 4.78 is 6.79. The van der Waals surface area contributed by atoms with E-state index in [1.54, 1.807) is 10.7 Å². The normalized spacial score (nSPS) is 11.6. The summed E-state index contributed by atoms with van der Waals surface area (Å²) >= 11 is 0. The Morgan fingerprint density at radius 2 is 1.71 bits per heavy atom. The number of carbonyl (C=O) groups is 2. The van der Waals surface area contributed by atoms with Crippen LogP contribution in [0.1, 0.15) is 30.5 Å². The first kappa shape index (κ1) is 19.4. The van der Waals surface area contributed by atoms with E-state index in [1.807, 2.05) is 74.5 Å². The smallest absolute Gasteiger partial charge is 0.306 e. The van der Waals surface area contributed by atoms with Crippen LogP contribution in [0.4, 0.5) is 5.82 Å². The van der Waals surface area contributed by atoms with E-state index in [-0.39, 0.29) is 18.9 Å². The second-order valence-electron chi connectivity index (χ2n) is 6.64. The Morgan fingerprint density at radius 1 is 1.07 bits per heavy atom. The molecule has 3 aromatic rings. The van der Waals surface area contributed by atoms with Crippen LogP contribution in [0.2, 0.25) is 0 Å². The van der Waals surface area contributed by atoms with Gasteiger partial charge in [0.05, 0.1) is 17.8 Å². The Balaban J connectivity index is 1.54. The summed E-state index contributed by atoms with van der Waals surface area (Å²) in [6.07, 6.45) is 0.221. The van der Waals surface area contributed by atoms with Crippen molar-refractivity contribution in [3.63, 3.8) is 0 Å². The Bertz CT molecular complexity index is 936. The highest BCUT2D eigenvalue weighted by Crippen LogP contribution is 2.19. The number of hydrogen-bond donors (Lipinski definition) is 1. The molecule has 0 aliphatic rings. The second kappa shape index (κ2) is 8.99. The number of hydrogen-bond acceptors (Lipinski definition) is 4. The van der Waals surface area contributed by atoms with Crippen molar-refractivity contribution in [2.24, 2.45) is 0 Å². The molecule has 144 valence electrons. The largest absolute Gasteiger partial charge is 0.456 e. The fourth-order valence-corrected chi connectivity index (χ4v) is 2.89. The molecular formula is C22H23N3O3. The van der Waals surface area contributed by atoms with Crippen molar-refractivity contribution in [1.29, 1.82) is 0 Å². The zero-order valence-corrected chi connectivity index (χ0v) is 16.0. The van der Waals surface area contributed by atoms with Gasteiger partial charge < -0.3 is 10.1 Å². The molecule has 0 aliphatic heterocycles. The Kier molecular flexibility index (Phi) is 6.22. The molecule has 6 heteroatoms. The molecule has 6 nitrogen and oxygen atoms in total. The van der Waals surface area contributed by atoms with E-state index in [9.17, 15) is 9.59 Å². The topological polar surface area (TPSA) is 73.2 Å². The minimum atomic E-state index is -0.405. The van der Waals surface area contributed by atoms with Crippen molar-refractivity contribution < 1.29 is 14.3 Å². The minimum absolute atomic E-state index is 0.0268. The summed E-state index contributed by atoms with van der Waals surface area (Å²) in [5.74, 6) is -0.252. The minimum Gasteiger partial charge on any atom is -0.456 e. The molecule has 0 spiro atoms. The van der Waals surface area contributed by atoms with Crippen LogP contribution in [-0.4, -0.2) is 28.3 Å². The van der Waals surface area contributed by atoms with Crippen molar-refractivity contribution in [1.82, 2.24) is 9.78 Å². The van der Waals surface area contributed by atoms with E-state index >= 15 is 0 Å². The van der Waals surface area contributed by atoms with Gasteiger partial charge >= 0.3 is 5.97 Å². The number of ether oxygens (including phenoxy) is 1. The molecule has 1 atom stereocenters. The lowest BCUT2D eigenvalue weighted by molar-refractivity contribution is -0.147. The van der Waals surface area contributed by atoms with Gasteiger partial charge in [-0.25, -0.2) is 4.68 Å². The highest BCUT2D eigenvalue weighted by atomic mass is 16.5. The Labute approximate surface area is 164 Å². The van der Waals surface area contributed by atoms with Gasteiger partial charge in [-0.1, -0.05) is 55.5 Å². The summed E-state index contributed by atoms with van der Waals surface area (Å²) in [4.78, 5) is 24.3. The molecular weight excluding hydrogens is 354 g/mol. The third-order valence-electron chi connectivity index (χ3n) is 4.31. The van der Waals surface area contributed by atoms with Crippen molar-refractivity contribution >= 4 is 17.7 Å². The number of aryl methyl sites for hydroxylation is 1. The van der Waals surface area contributed by atoms with Crippen LogP contribution in [0.3, 0.4) is 0 Å². The fourth-order valence-electron chi connectivity index (χ4n) is 2.89. The van der Waals surface area contributed by atoms with Crippen LogP contribution in [0.15, 0.2) is 66.7 Å². The summed E-state index contributed by atoms with van der Waals surface area (Å²) in [6.45, 7) is 3.47. The molecule has 0 unspecified atom stereocenters. The molecule has 1 heterocycles. The van der Waals surface area contributed by atoms with Crippen LogP contribution in [0, 0.1) is 6.92 Å². The predicted molar refractivity (Wildman–Crippen MR) is 107 cm³/mol. The zero-order chi connectivity index (χ0) is 19.9. The number of esters is 1. The third-order valence-corrected chi connectivity index (χ3v) is 4.31. The SMILES string of the molecule is Cc1cc(NC(=O)COC(=O)C[C@H](C)c2ccccc2)n(-c2ccccc2)n1. The number of rotatable bonds is 7. The van der Waals surface area contributed by atoms with Gasteiger partial charge in [0.15, 0.2) is 6.61 Å². The number of benzene rings is 2. The molecule has 2 aromatic carbocycles. The van der Waals surface area contributed by atoms with Gasteiger partial charge in [-0.2, -0.15) is 5.10 Å². The van der Waals surface area contributed by atoms with E-state index < -0.39 is 11.9 Å². The number of amides is 1. The molecule has 0 bridgehead atoms. The average molecular weight is 377 g/mol. The van der Waals surface area contributed by atoms with Crippen LogP contribution < -0.4 is 5.32 Å². The summed E-state index contributed by atoms with van der Waals surface area (Å²) in [5, 5.41) is 7.15. The van der Waals surface area contributed by atoms with E-state index in [4.69, 9.17) is 4.74 Å². The van der Waals surface area contributed by atoms with Crippen LogP contribution in [0.25, 0.3) is 5.69 Å². The van der Waals surface area contributed by atoms with E-state index in [1.165, 1.54) is 0 Å². The zero-order valence-electron chi connectivity index (χ0n) is 16.0. The van der Waals surface area contributed by atoms with Crippen molar-refractivity contribution in [2.75, 3.05) is 11.9 Å². The maximum absolute atomic E-state index is 12.2. The van der Waals surface area contributed by atoms with Gasteiger partial charge in [0.2, 0.25) is 0 Å². The number of nitrogens with zero attached hydrogens (tertiary/aromatic N) is 2. The van der Waals surface area contributed by atoms with Crippen molar-refractivity contribution in [3.05, 3.63) is 78.0 Å². The molecule has 0 radical (unpaired) electrons. The molecule has 0 aliphatic carbocycles. The summed E-state index contributed by atoms with van der Waals surface area (Å²) in [5.41, 5.74) is 2.67. The first-order valence-electron chi connectivity index (χ1n) is 9.15. The first-order chi connectivity index (χ1) is 13.5. The molecule has 0 saturated carbocycles. The number of nitrogens with one attached hydrogen (secondary N) is 1. The molecule has 0 saturated heterocycles. The third kappa shape index (κ3) is 5.07. The second-order valence-corrected chi connectivity index (χ2v) is 6.64. The van der Waals surface area contributed by atoms with Crippen LogP contribution >= 0.6 is 0 Å². The lowest BCUT2D eigenvalue weighted by atomic mass is 9.98. The highest BCUT2D eigenvalue weighted by Gasteiger charge is 2.15. The standard InChI is InChI=1S/C22H23N3O3/c1-16(18-9-5-3-6-10-18)13-22(27)28-15-21(26)23-20-14-17(2)24-25(20)19-11-7-4-8-12-19/h3-12,14,16H,13,15H2,1-2H3,(H,23,26)/t16-/m0/s1. The number of aromatic nitrogens is 2. The highest BCUT2D eigenvalue weighted by molar-refractivity contribution is 5.92. The molecule has 0 fully saturated rings. The van der Waals surface area contributed by atoms with Gasteiger partial charge in [0.1, 0.15) is 5.82 Å². The van der Waals surface area contributed by atoms with Crippen molar-refractivity contribution in [3.8, 4) is 5.69 Å². The van der Waals surface area contributed by atoms with E-state index in [2.05, 4.69) is 10.4 Å². The van der Waals surface area contributed by atoms with E-state index in [0.717, 1.165) is 16.9 Å². The molecule has 1 aromatic heterocycles. The lowest BCUT2D eigenvalue weighted by Crippen LogP contribution is -2.22. The maximum atomic E-state index is 12.2. The Hall–Kier alpha value is -3.41. The van der Waals surface area contributed by atoms with Gasteiger partial charge in [0, 0.05) is 6.07 Å². The molecule has 1 N–H and O–H groups in total. The van der Waals surface area contributed by atoms with Crippen LogP contribution in [0.5, 0.6) is 0 Å². The van der Waals surface area contributed by atoms with Gasteiger partial charge in [-0.05, 0) is 30.5 Å². The van der Waals surface area contributed by atoms with Crippen molar-refractivity contribution in [2.45, 2.75) is 26.2 Å². The fraction of sp³-hybridized carbons (Fsp3) is 0.227. The lowest BCUT2D eigenvalue weighted by Gasteiger charge is -2.12. The first-order valence-corrected chi connectivity index (χ1v) is 9.15. The Morgan fingerprint density at radius 3 is 2.39 bits per heavy atom. The van der Waals surface area contributed by atoms with Gasteiger partial charge in [-0.3, -0.25) is 9.59 Å². The monoisotopic (exact) mass is 377 g/mol. The molecule has 28 heavy (non-hydrogen) atoms. The quantitative estimate of drug-likeness (QED) is 0.635. The summed E-state index contributed by atoms with van der Waals surface area (Å²) in [6, 6.07) is 21.0. The number of para-hydroxylation sites is 1. The molecule has 3 rings (SSSR count). The number of carbonyl (C=O) groups excluding carboxylic acids is 2. The molecule has 1 amide bonds. The van der Waals surface area contributed by atoms with Crippen LogP contribution in [-0.2, 0) is 14.3 Å². The van der Waals surface area contributed by atoms with Gasteiger partial charge in [-0.15, -0.1) is 0 Å². The summed E-state index contributed by atoms with van der Waals surface area (Å²) in [7, 11) is 0. The van der Waals surface area contributed by atoms with Gasteiger partial charge in [0.25, 0.3) is 5.91 Å². The average Bonchev–Trinajstić information content (AvgIpc) is 3.07. The predicted octanol–water partition coefficient (Wildman–Crippen LogP) is 3.86. The number of anilines is 1.